The molecule has 0 bridgehead atoms. The maximum atomic E-state index is 12.1. The molecule has 3 rings (SSSR count). The highest BCUT2D eigenvalue weighted by Crippen LogP contribution is 2.30. The van der Waals surface area contributed by atoms with Crippen LogP contribution in [0.4, 0.5) is 0 Å². The highest BCUT2D eigenvalue weighted by Gasteiger charge is 2.39. The number of hydrogen-bond donors (Lipinski definition) is 1. The van der Waals surface area contributed by atoms with E-state index < -0.39 is 41.6 Å². The molecule has 1 aromatic heterocycles. The quantitative estimate of drug-likeness (QED) is 0.757. The molecule has 1 unspecified atom stereocenters. The molecule has 3 atom stereocenters. The molecule has 1 aliphatic rings. The van der Waals surface area contributed by atoms with E-state index in [4.69, 9.17) is 14.2 Å². The van der Waals surface area contributed by atoms with Gasteiger partial charge >= 0.3 is 17.6 Å². The number of benzene rings is 1. The van der Waals surface area contributed by atoms with Crippen molar-refractivity contribution >= 4 is 11.9 Å². The highest BCUT2D eigenvalue weighted by atomic mass is 16.6. The zero-order chi connectivity index (χ0) is 20.3. The standard InChI is InChI=1S/C19H20N2O7/c1-11-9-21(19(25)20-17(11)23)16-8-14(27-12(2)22)15(28-16)10-26-18(24)13-6-4-3-5-7-13/h3-7,9,14-16H,8,10H2,1-2H3,(H,20,23,25)/t14-,15+,16?/m0/s1. The molecule has 0 radical (unpaired) electrons. The van der Waals surface area contributed by atoms with Gasteiger partial charge in [-0.15, -0.1) is 0 Å². The first-order valence-corrected chi connectivity index (χ1v) is 8.72. The Balaban J connectivity index is 1.75. The summed E-state index contributed by atoms with van der Waals surface area (Å²) in [5, 5.41) is 0. The van der Waals surface area contributed by atoms with Crippen molar-refractivity contribution in [1.82, 2.24) is 9.55 Å². The van der Waals surface area contributed by atoms with Crippen molar-refractivity contribution in [2.45, 2.75) is 38.7 Å². The molecule has 0 aliphatic carbocycles. The Kier molecular flexibility index (Phi) is 5.74. The minimum absolute atomic E-state index is 0.154. The van der Waals surface area contributed by atoms with Crippen LogP contribution in [-0.2, 0) is 19.0 Å². The number of ether oxygens (including phenoxy) is 3. The van der Waals surface area contributed by atoms with Gasteiger partial charge in [0.1, 0.15) is 25.0 Å². The molecule has 1 fully saturated rings. The van der Waals surface area contributed by atoms with Crippen LogP contribution >= 0.6 is 0 Å². The number of aromatic amines is 1. The number of H-pyrrole nitrogens is 1. The molecule has 2 aromatic rings. The van der Waals surface area contributed by atoms with Crippen LogP contribution in [0, 0.1) is 6.92 Å². The van der Waals surface area contributed by atoms with Gasteiger partial charge in [0.25, 0.3) is 5.56 Å². The summed E-state index contributed by atoms with van der Waals surface area (Å²) in [6.07, 6.45) is -0.660. The zero-order valence-electron chi connectivity index (χ0n) is 15.4. The number of nitrogens with one attached hydrogen (secondary N) is 1. The van der Waals surface area contributed by atoms with Crippen LogP contribution in [0.15, 0.2) is 46.1 Å². The summed E-state index contributed by atoms with van der Waals surface area (Å²) < 4.78 is 17.6. The summed E-state index contributed by atoms with van der Waals surface area (Å²) in [5.74, 6) is -1.05. The Labute approximate surface area is 159 Å². The van der Waals surface area contributed by atoms with Crippen LogP contribution in [0.3, 0.4) is 0 Å². The molecule has 28 heavy (non-hydrogen) atoms. The lowest BCUT2D eigenvalue weighted by Crippen LogP contribution is -2.33. The van der Waals surface area contributed by atoms with Gasteiger partial charge in [-0.25, -0.2) is 9.59 Å². The van der Waals surface area contributed by atoms with Gasteiger partial charge in [-0.1, -0.05) is 18.2 Å². The summed E-state index contributed by atoms with van der Waals surface area (Å²) in [6, 6.07) is 8.44. The third-order valence-electron chi connectivity index (χ3n) is 4.34. The van der Waals surface area contributed by atoms with E-state index in [0.29, 0.717) is 11.1 Å². The number of hydrogen-bond acceptors (Lipinski definition) is 7. The lowest BCUT2D eigenvalue weighted by molar-refractivity contribution is -0.150. The van der Waals surface area contributed by atoms with Crippen molar-refractivity contribution in [2.75, 3.05) is 6.61 Å². The van der Waals surface area contributed by atoms with Crippen LogP contribution in [-0.4, -0.2) is 40.3 Å². The molecule has 1 aromatic carbocycles. The number of esters is 2. The van der Waals surface area contributed by atoms with Gasteiger partial charge in [0.05, 0.1) is 5.56 Å². The normalized spacial score (nSPS) is 21.3. The van der Waals surface area contributed by atoms with Gasteiger partial charge in [0, 0.05) is 25.1 Å². The minimum Gasteiger partial charge on any atom is -0.459 e. The van der Waals surface area contributed by atoms with Crippen LogP contribution in [0.1, 0.15) is 35.5 Å². The molecule has 148 valence electrons. The molecule has 1 N–H and O–H groups in total. The van der Waals surface area contributed by atoms with Gasteiger partial charge in [-0.05, 0) is 19.1 Å². The summed E-state index contributed by atoms with van der Waals surface area (Å²) in [5.41, 5.74) is -0.395. The first-order valence-electron chi connectivity index (χ1n) is 8.72. The Morgan fingerprint density at radius 2 is 1.96 bits per heavy atom. The number of carbonyl (C=O) groups is 2. The Bertz CT molecular complexity index is 980. The van der Waals surface area contributed by atoms with E-state index in [2.05, 4.69) is 4.98 Å². The lowest BCUT2D eigenvalue weighted by Gasteiger charge is -2.18. The van der Waals surface area contributed by atoms with Gasteiger partial charge in [-0.2, -0.15) is 0 Å². The second kappa shape index (κ2) is 8.22. The summed E-state index contributed by atoms with van der Waals surface area (Å²) in [7, 11) is 0. The van der Waals surface area contributed by atoms with E-state index in [1.165, 1.54) is 17.7 Å². The monoisotopic (exact) mass is 388 g/mol. The molecular weight excluding hydrogens is 368 g/mol. The van der Waals surface area contributed by atoms with Crippen molar-refractivity contribution < 1.29 is 23.8 Å². The van der Waals surface area contributed by atoms with Gasteiger partial charge in [0.15, 0.2) is 0 Å². The molecule has 0 amide bonds. The molecule has 0 saturated carbocycles. The fourth-order valence-corrected chi connectivity index (χ4v) is 2.97. The second-order valence-electron chi connectivity index (χ2n) is 6.46. The topological polar surface area (TPSA) is 117 Å². The van der Waals surface area contributed by atoms with Crippen LogP contribution in [0.25, 0.3) is 0 Å². The first kappa shape index (κ1) is 19.6. The smallest absolute Gasteiger partial charge is 0.338 e. The number of nitrogens with zero attached hydrogens (tertiary/aromatic N) is 1. The number of carbonyl (C=O) groups excluding carboxylic acids is 2. The van der Waals surface area contributed by atoms with Gasteiger partial charge in [-0.3, -0.25) is 19.1 Å². The largest absolute Gasteiger partial charge is 0.459 e. The van der Waals surface area contributed by atoms with Crippen molar-refractivity contribution in [3.05, 3.63) is 68.5 Å². The first-order chi connectivity index (χ1) is 13.3. The van der Waals surface area contributed by atoms with Crippen LogP contribution in [0.2, 0.25) is 0 Å². The fraction of sp³-hybridized carbons (Fsp3) is 0.368. The number of aromatic nitrogens is 2. The van der Waals surface area contributed by atoms with Gasteiger partial charge in [0.2, 0.25) is 0 Å². The van der Waals surface area contributed by atoms with Crippen molar-refractivity contribution in [3.8, 4) is 0 Å². The molecule has 9 heteroatoms. The van der Waals surface area contributed by atoms with E-state index in [-0.39, 0.29) is 13.0 Å². The van der Waals surface area contributed by atoms with E-state index >= 15 is 0 Å². The SMILES string of the molecule is CC(=O)O[C@H]1CC(n2cc(C)c(=O)[nH]c2=O)O[C@@H]1COC(=O)c1ccccc1. The summed E-state index contributed by atoms with van der Waals surface area (Å²) in [4.78, 5) is 49.4. The third-order valence-corrected chi connectivity index (χ3v) is 4.34. The molecule has 9 nitrogen and oxygen atoms in total. The van der Waals surface area contributed by atoms with E-state index in [1.807, 2.05) is 0 Å². The Morgan fingerprint density at radius 1 is 1.25 bits per heavy atom. The average molecular weight is 388 g/mol. The number of aryl methyl sites for hydroxylation is 1. The summed E-state index contributed by atoms with van der Waals surface area (Å²) >= 11 is 0. The zero-order valence-corrected chi connectivity index (χ0v) is 15.4. The maximum Gasteiger partial charge on any atom is 0.338 e. The molecule has 1 aliphatic heterocycles. The van der Waals surface area contributed by atoms with Crippen molar-refractivity contribution in [3.63, 3.8) is 0 Å². The second-order valence-corrected chi connectivity index (χ2v) is 6.46. The highest BCUT2D eigenvalue weighted by molar-refractivity contribution is 5.89. The molecule has 1 saturated heterocycles. The predicted octanol–water partition coefficient (Wildman–Crippen LogP) is 0.921. The predicted molar refractivity (Wildman–Crippen MR) is 96.9 cm³/mol. The molecule has 0 spiro atoms. The summed E-state index contributed by atoms with van der Waals surface area (Å²) in [6.45, 7) is 2.67. The average Bonchev–Trinajstić information content (AvgIpc) is 3.05. The van der Waals surface area contributed by atoms with Gasteiger partial charge < -0.3 is 14.2 Å². The van der Waals surface area contributed by atoms with Crippen molar-refractivity contribution in [2.24, 2.45) is 0 Å². The van der Waals surface area contributed by atoms with E-state index in [0.717, 1.165) is 0 Å². The number of rotatable bonds is 5. The lowest BCUT2D eigenvalue weighted by atomic mass is 10.2. The minimum atomic E-state index is -0.771. The Morgan fingerprint density at radius 3 is 2.64 bits per heavy atom. The van der Waals surface area contributed by atoms with Crippen LogP contribution < -0.4 is 11.2 Å². The van der Waals surface area contributed by atoms with Crippen LogP contribution in [0.5, 0.6) is 0 Å². The molecule has 2 heterocycles. The fourth-order valence-electron chi connectivity index (χ4n) is 2.97. The van der Waals surface area contributed by atoms with E-state index in [9.17, 15) is 19.2 Å². The molecular formula is C19H20N2O7. The van der Waals surface area contributed by atoms with Crippen molar-refractivity contribution in [1.29, 1.82) is 0 Å². The Hall–Kier alpha value is -3.20. The van der Waals surface area contributed by atoms with E-state index in [1.54, 1.807) is 37.3 Å². The maximum absolute atomic E-state index is 12.1. The third kappa shape index (κ3) is 4.37.